The van der Waals surface area contributed by atoms with Crippen LogP contribution in [-0.4, -0.2) is 47.6 Å². The third-order valence-corrected chi connectivity index (χ3v) is 7.33. The van der Waals surface area contributed by atoms with Gasteiger partial charge in [0.05, 0.1) is 49.6 Å². The highest BCUT2D eigenvalue weighted by Crippen LogP contribution is 2.48. The van der Waals surface area contributed by atoms with Crippen molar-refractivity contribution in [2.45, 2.75) is 19.5 Å². The Balaban J connectivity index is 1.97. The number of methoxy groups -OCH3 is 2. The number of aromatic hydroxyl groups is 1. The van der Waals surface area contributed by atoms with E-state index in [1.165, 1.54) is 48.7 Å². The number of hydrogen-bond donors (Lipinski definition) is 2. The molecular weight excluding hydrogens is 541 g/mol. The average molecular weight is 564 g/mol. The van der Waals surface area contributed by atoms with Crippen LogP contribution in [0.1, 0.15) is 29.0 Å². The van der Waals surface area contributed by atoms with E-state index in [0.29, 0.717) is 5.56 Å². The molecule has 194 valence electrons. The second kappa shape index (κ2) is 10.9. The number of hydrogen-bond acceptors (Lipinski definition) is 8. The summed E-state index contributed by atoms with van der Waals surface area (Å²) in [5, 5.41) is 23.7. The van der Waals surface area contributed by atoms with Gasteiger partial charge in [-0.2, -0.15) is 0 Å². The Hall–Kier alpha value is -3.40. The summed E-state index contributed by atoms with van der Waals surface area (Å²) in [6, 6.07) is 8.54. The van der Waals surface area contributed by atoms with Gasteiger partial charge >= 0.3 is 0 Å². The van der Waals surface area contributed by atoms with Crippen molar-refractivity contribution in [3.05, 3.63) is 73.4 Å². The summed E-state index contributed by atoms with van der Waals surface area (Å²) in [7, 11) is 2.72. The van der Waals surface area contributed by atoms with Gasteiger partial charge in [0.25, 0.3) is 11.7 Å². The second-order valence-electron chi connectivity index (χ2n) is 7.95. The lowest BCUT2D eigenvalue weighted by atomic mass is 9.94. The SMILES string of the molecule is CCOc1cc(C2/C(=C(\O)c3cc(Cl)c(OC)c(Cl)c3OC)C(=O)C(=O)N2Cc2cccs2)ccc1O. The van der Waals surface area contributed by atoms with Crippen LogP contribution in [0.3, 0.4) is 0 Å². The maximum absolute atomic E-state index is 13.4. The van der Waals surface area contributed by atoms with Crippen LogP contribution in [0.5, 0.6) is 23.0 Å². The van der Waals surface area contributed by atoms with Crippen LogP contribution in [0.25, 0.3) is 5.76 Å². The van der Waals surface area contributed by atoms with Crippen LogP contribution in [0.4, 0.5) is 0 Å². The number of carbonyl (C=O) groups excluding carboxylic acids is 2. The minimum atomic E-state index is -1.01. The van der Waals surface area contributed by atoms with Gasteiger partial charge in [0.2, 0.25) is 0 Å². The molecule has 1 aliphatic rings. The first-order valence-electron chi connectivity index (χ1n) is 11.1. The molecule has 0 saturated carbocycles. The molecule has 2 aromatic carbocycles. The molecule has 1 aliphatic heterocycles. The number of amides is 1. The molecule has 2 N–H and O–H groups in total. The number of benzene rings is 2. The van der Waals surface area contributed by atoms with Crippen molar-refractivity contribution in [2.75, 3.05) is 20.8 Å². The minimum absolute atomic E-state index is 0.00770. The summed E-state index contributed by atoms with van der Waals surface area (Å²) in [5.41, 5.74) is 0.273. The third kappa shape index (κ3) is 4.82. The second-order valence-corrected chi connectivity index (χ2v) is 9.77. The van der Waals surface area contributed by atoms with Crippen molar-refractivity contribution in [1.82, 2.24) is 4.90 Å². The number of nitrogens with zero attached hydrogens (tertiary/aromatic N) is 1. The Morgan fingerprint density at radius 2 is 1.84 bits per heavy atom. The molecule has 1 fully saturated rings. The maximum Gasteiger partial charge on any atom is 0.295 e. The molecule has 1 unspecified atom stereocenters. The molecule has 1 aromatic heterocycles. The smallest absolute Gasteiger partial charge is 0.295 e. The largest absolute Gasteiger partial charge is 0.507 e. The van der Waals surface area contributed by atoms with Gasteiger partial charge in [-0.05, 0) is 42.1 Å². The van der Waals surface area contributed by atoms with Crippen molar-refractivity contribution in [2.24, 2.45) is 0 Å². The number of halogens is 2. The van der Waals surface area contributed by atoms with Crippen LogP contribution < -0.4 is 14.2 Å². The fourth-order valence-electron chi connectivity index (χ4n) is 4.22. The number of ketones is 1. The van der Waals surface area contributed by atoms with Crippen LogP contribution in [-0.2, 0) is 16.1 Å². The molecule has 3 aromatic rings. The van der Waals surface area contributed by atoms with E-state index in [1.807, 2.05) is 17.5 Å². The fraction of sp³-hybridized carbons (Fsp3) is 0.231. The molecule has 1 atom stereocenters. The van der Waals surface area contributed by atoms with Gasteiger partial charge in [-0.3, -0.25) is 9.59 Å². The van der Waals surface area contributed by atoms with Crippen molar-refractivity contribution in [3.8, 4) is 23.0 Å². The van der Waals surface area contributed by atoms with E-state index >= 15 is 0 Å². The number of thiophene rings is 1. The highest BCUT2D eigenvalue weighted by Gasteiger charge is 2.47. The van der Waals surface area contributed by atoms with Gasteiger partial charge in [0.1, 0.15) is 10.8 Å². The molecule has 4 rings (SSSR count). The number of carbonyl (C=O) groups is 2. The van der Waals surface area contributed by atoms with Crippen molar-refractivity contribution in [3.63, 3.8) is 0 Å². The van der Waals surface area contributed by atoms with Gasteiger partial charge in [0.15, 0.2) is 23.0 Å². The number of likely N-dealkylation sites (tertiary alicyclic amines) is 1. The summed E-state index contributed by atoms with van der Waals surface area (Å²) < 4.78 is 16.2. The maximum atomic E-state index is 13.4. The predicted octanol–water partition coefficient (Wildman–Crippen LogP) is 5.80. The number of aliphatic hydroxyl groups excluding tert-OH is 1. The Labute approximate surface area is 227 Å². The number of phenolic OH excluding ortho intramolecular Hbond substituents is 1. The number of phenols is 1. The Morgan fingerprint density at radius 3 is 2.46 bits per heavy atom. The van der Waals surface area contributed by atoms with Gasteiger partial charge in [-0.25, -0.2) is 0 Å². The fourth-order valence-corrected chi connectivity index (χ4v) is 5.61. The monoisotopic (exact) mass is 563 g/mol. The van der Waals surface area contributed by atoms with Crippen molar-refractivity contribution in [1.29, 1.82) is 0 Å². The Morgan fingerprint density at radius 1 is 1.11 bits per heavy atom. The minimum Gasteiger partial charge on any atom is -0.507 e. The lowest BCUT2D eigenvalue weighted by Crippen LogP contribution is -2.28. The first-order chi connectivity index (χ1) is 17.7. The van der Waals surface area contributed by atoms with E-state index in [2.05, 4.69) is 0 Å². The average Bonchev–Trinajstić information content (AvgIpc) is 3.47. The van der Waals surface area contributed by atoms with Crippen molar-refractivity contribution < 1.29 is 34.0 Å². The molecule has 37 heavy (non-hydrogen) atoms. The number of ether oxygens (including phenoxy) is 3. The summed E-state index contributed by atoms with van der Waals surface area (Å²) in [4.78, 5) is 28.9. The van der Waals surface area contributed by atoms with Gasteiger partial charge < -0.3 is 29.3 Å². The van der Waals surface area contributed by atoms with Crippen molar-refractivity contribution >= 4 is 52.0 Å². The standard InChI is InChI=1S/C26H23Cl2NO7S/c1-4-36-18-10-13(7-8-17(18)30)21-19(23(32)26(33)29(21)12-14-6-5-9-37-14)22(31)15-11-16(27)25(35-3)20(28)24(15)34-2/h5-11,21,30-31H,4,12H2,1-3H3/b22-19+. The highest BCUT2D eigenvalue weighted by atomic mass is 35.5. The van der Waals surface area contributed by atoms with Crippen LogP contribution in [0.2, 0.25) is 10.0 Å². The number of rotatable bonds is 8. The molecule has 1 amide bonds. The lowest BCUT2D eigenvalue weighted by molar-refractivity contribution is -0.140. The molecule has 1 saturated heterocycles. The summed E-state index contributed by atoms with van der Waals surface area (Å²) >= 11 is 14.2. The molecule has 0 radical (unpaired) electrons. The van der Waals surface area contributed by atoms with E-state index in [4.69, 9.17) is 37.4 Å². The van der Waals surface area contributed by atoms with Crippen LogP contribution >= 0.6 is 34.5 Å². The molecule has 2 heterocycles. The molecular formula is C26H23Cl2NO7S. The normalized spacial score (nSPS) is 16.8. The van der Waals surface area contributed by atoms with Gasteiger partial charge in [0, 0.05) is 4.88 Å². The van der Waals surface area contributed by atoms with Crippen LogP contribution in [0.15, 0.2) is 47.4 Å². The Kier molecular flexibility index (Phi) is 7.87. The topological polar surface area (TPSA) is 106 Å². The molecule has 0 spiro atoms. The zero-order chi connectivity index (χ0) is 26.9. The van der Waals surface area contributed by atoms with E-state index < -0.39 is 23.5 Å². The first-order valence-corrected chi connectivity index (χ1v) is 12.7. The van der Waals surface area contributed by atoms with E-state index in [9.17, 15) is 19.8 Å². The summed E-state index contributed by atoms with van der Waals surface area (Å²) in [5.74, 6) is -1.99. The molecule has 8 nitrogen and oxygen atoms in total. The zero-order valence-electron chi connectivity index (χ0n) is 20.1. The van der Waals surface area contributed by atoms with Crippen LogP contribution in [0, 0.1) is 0 Å². The molecule has 11 heteroatoms. The predicted molar refractivity (Wildman–Crippen MR) is 141 cm³/mol. The quantitative estimate of drug-likeness (QED) is 0.203. The zero-order valence-corrected chi connectivity index (χ0v) is 22.4. The Bertz CT molecular complexity index is 1390. The first kappa shape index (κ1) is 26.7. The highest BCUT2D eigenvalue weighted by molar-refractivity contribution is 7.09. The van der Waals surface area contributed by atoms with E-state index in [1.54, 1.807) is 13.0 Å². The number of aliphatic hydroxyl groups is 1. The summed E-state index contributed by atoms with van der Waals surface area (Å²) in [6.07, 6.45) is 0. The molecule has 0 bridgehead atoms. The van der Waals surface area contributed by atoms with E-state index in [0.717, 1.165) is 4.88 Å². The summed E-state index contributed by atoms with van der Waals surface area (Å²) in [6.45, 7) is 2.17. The third-order valence-electron chi connectivity index (χ3n) is 5.84. The lowest BCUT2D eigenvalue weighted by Gasteiger charge is -2.25. The molecule has 0 aliphatic carbocycles. The van der Waals surface area contributed by atoms with Gasteiger partial charge in [-0.15, -0.1) is 11.3 Å². The number of Topliss-reactive ketones (excluding diaryl/α,β-unsaturated/α-hetero) is 1. The van der Waals surface area contributed by atoms with Gasteiger partial charge in [-0.1, -0.05) is 35.3 Å². The van der Waals surface area contributed by atoms with E-state index in [-0.39, 0.29) is 57.3 Å².